The number of fused-ring (bicyclic) bond motifs is 1. The summed E-state index contributed by atoms with van der Waals surface area (Å²) in [6.07, 6.45) is 3.50. The molecule has 4 rings (SSSR count). The Balaban J connectivity index is 1.63. The Kier molecular flexibility index (Phi) is 4.34. The summed E-state index contributed by atoms with van der Waals surface area (Å²) in [5.74, 6) is 0. The minimum atomic E-state index is -3.72. The first-order valence-electron chi connectivity index (χ1n) is 7.37. The summed E-state index contributed by atoms with van der Waals surface area (Å²) in [6, 6.07) is 8.52. The van der Waals surface area contributed by atoms with Gasteiger partial charge in [-0.25, -0.2) is 13.1 Å². The number of hydrogen-bond acceptors (Lipinski definition) is 7. The molecule has 128 valence electrons. The third-order valence-electron chi connectivity index (χ3n) is 3.78. The largest absolute Gasteiger partial charge is 0.264 e. The molecule has 3 heterocycles. The van der Waals surface area contributed by atoms with Crippen LogP contribution in [0.25, 0.3) is 11.0 Å². The van der Waals surface area contributed by atoms with Crippen LogP contribution in [0.4, 0.5) is 0 Å². The van der Waals surface area contributed by atoms with E-state index in [-0.39, 0.29) is 17.5 Å². The van der Waals surface area contributed by atoms with Crippen molar-refractivity contribution in [2.75, 3.05) is 6.54 Å². The molecule has 4 aromatic rings. The van der Waals surface area contributed by atoms with Crippen LogP contribution in [-0.2, 0) is 10.0 Å². The van der Waals surface area contributed by atoms with Crippen LogP contribution in [0.5, 0.6) is 0 Å². The van der Waals surface area contributed by atoms with Gasteiger partial charge in [0.05, 0.1) is 17.8 Å². The fourth-order valence-corrected chi connectivity index (χ4v) is 5.07. The smallest absolute Gasteiger partial charge is 0.242 e. The molecule has 1 N–H and O–H groups in total. The van der Waals surface area contributed by atoms with E-state index in [2.05, 4.69) is 18.6 Å². The van der Waals surface area contributed by atoms with Gasteiger partial charge < -0.3 is 0 Å². The molecule has 0 spiro atoms. The second kappa shape index (κ2) is 6.64. The first-order valence-corrected chi connectivity index (χ1v) is 10.5. The molecule has 0 saturated carbocycles. The minimum Gasteiger partial charge on any atom is -0.264 e. The molecular formula is C15H13N5O2S3. The van der Waals surface area contributed by atoms with E-state index in [0.29, 0.717) is 11.0 Å². The summed E-state index contributed by atoms with van der Waals surface area (Å²) in [5, 5.41) is 8.21. The highest BCUT2D eigenvalue weighted by Gasteiger charge is 2.23. The third kappa shape index (κ3) is 3.21. The molecule has 0 fully saturated rings. The Morgan fingerprint density at radius 2 is 2.12 bits per heavy atom. The van der Waals surface area contributed by atoms with Crippen molar-refractivity contribution in [3.05, 3.63) is 59.0 Å². The normalized spacial score (nSPS) is 13.3. The van der Waals surface area contributed by atoms with Crippen LogP contribution in [0.3, 0.4) is 0 Å². The van der Waals surface area contributed by atoms with Crippen LogP contribution in [0, 0.1) is 0 Å². The molecule has 25 heavy (non-hydrogen) atoms. The summed E-state index contributed by atoms with van der Waals surface area (Å²) < 4.78 is 38.2. The molecule has 1 atom stereocenters. The van der Waals surface area contributed by atoms with Crippen molar-refractivity contribution in [3.63, 3.8) is 0 Å². The van der Waals surface area contributed by atoms with Crippen LogP contribution in [-0.4, -0.2) is 33.5 Å². The van der Waals surface area contributed by atoms with Gasteiger partial charge in [0.1, 0.15) is 15.9 Å². The maximum absolute atomic E-state index is 12.8. The van der Waals surface area contributed by atoms with Crippen LogP contribution >= 0.6 is 23.1 Å². The Labute approximate surface area is 152 Å². The van der Waals surface area contributed by atoms with Gasteiger partial charge in [0.15, 0.2) is 0 Å². The van der Waals surface area contributed by atoms with Crippen molar-refractivity contribution in [2.45, 2.75) is 10.9 Å². The lowest BCUT2D eigenvalue weighted by atomic mass is 10.1. The molecule has 0 aliphatic rings. The van der Waals surface area contributed by atoms with Gasteiger partial charge in [-0.05, 0) is 40.6 Å². The molecular weight excluding hydrogens is 378 g/mol. The van der Waals surface area contributed by atoms with Crippen LogP contribution in [0.2, 0.25) is 0 Å². The van der Waals surface area contributed by atoms with E-state index in [1.165, 1.54) is 0 Å². The number of nitrogens with zero attached hydrogens (tertiary/aromatic N) is 4. The second-order valence-corrected chi connectivity index (χ2v) is 8.34. The number of aromatic nitrogens is 4. The summed E-state index contributed by atoms with van der Waals surface area (Å²) in [7, 11) is -3.72. The molecule has 0 radical (unpaired) electrons. The fraction of sp³-hybridized carbons (Fsp3) is 0.133. The monoisotopic (exact) mass is 391 g/mol. The van der Waals surface area contributed by atoms with Gasteiger partial charge in [-0.1, -0.05) is 6.07 Å². The lowest BCUT2D eigenvalue weighted by Gasteiger charge is -2.17. The fourth-order valence-electron chi connectivity index (χ4n) is 2.56. The zero-order valence-electron chi connectivity index (χ0n) is 12.8. The van der Waals surface area contributed by atoms with Gasteiger partial charge in [0.2, 0.25) is 10.0 Å². The van der Waals surface area contributed by atoms with Gasteiger partial charge in [-0.3, -0.25) is 4.68 Å². The maximum Gasteiger partial charge on any atom is 0.242 e. The SMILES string of the molecule is O=S(=O)(NC[C@H](c1ccsc1)n1cccn1)c1cccc2nsnc12. The van der Waals surface area contributed by atoms with Gasteiger partial charge in [0.25, 0.3) is 0 Å². The molecule has 0 aliphatic heterocycles. The zero-order valence-corrected chi connectivity index (χ0v) is 15.3. The van der Waals surface area contributed by atoms with E-state index in [0.717, 1.165) is 17.3 Å². The van der Waals surface area contributed by atoms with Crippen molar-refractivity contribution in [2.24, 2.45) is 0 Å². The molecule has 7 nitrogen and oxygen atoms in total. The van der Waals surface area contributed by atoms with E-state index in [9.17, 15) is 8.42 Å². The Morgan fingerprint density at radius 3 is 2.88 bits per heavy atom. The number of sulfonamides is 1. The molecule has 0 unspecified atom stereocenters. The second-order valence-electron chi connectivity index (χ2n) is 5.30. The number of benzene rings is 1. The summed E-state index contributed by atoms with van der Waals surface area (Å²) in [5.41, 5.74) is 1.98. The lowest BCUT2D eigenvalue weighted by Crippen LogP contribution is -2.31. The first-order chi connectivity index (χ1) is 12.1. The molecule has 0 aliphatic carbocycles. The number of thiophene rings is 1. The highest BCUT2D eigenvalue weighted by molar-refractivity contribution is 7.89. The van der Waals surface area contributed by atoms with Crippen LogP contribution in [0.15, 0.2) is 58.4 Å². The molecule has 3 aromatic heterocycles. The molecule has 0 amide bonds. The summed E-state index contributed by atoms with van der Waals surface area (Å²) >= 11 is 2.56. The predicted octanol–water partition coefficient (Wildman–Crippen LogP) is 2.52. The van der Waals surface area contributed by atoms with E-state index in [1.54, 1.807) is 40.4 Å². The maximum atomic E-state index is 12.8. The number of hydrogen-bond donors (Lipinski definition) is 1. The Bertz CT molecular complexity index is 1040. The van der Waals surface area contributed by atoms with Crippen molar-refractivity contribution in [1.82, 2.24) is 23.2 Å². The highest BCUT2D eigenvalue weighted by atomic mass is 32.2. The van der Waals surface area contributed by atoms with E-state index in [1.807, 2.05) is 29.1 Å². The molecule has 1 aromatic carbocycles. The number of rotatable bonds is 6. The van der Waals surface area contributed by atoms with E-state index >= 15 is 0 Å². The van der Waals surface area contributed by atoms with Crippen LogP contribution < -0.4 is 4.72 Å². The van der Waals surface area contributed by atoms with E-state index in [4.69, 9.17) is 0 Å². The number of nitrogens with one attached hydrogen (secondary N) is 1. The Morgan fingerprint density at radius 1 is 1.20 bits per heavy atom. The zero-order chi connectivity index (χ0) is 17.3. The van der Waals surface area contributed by atoms with Gasteiger partial charge in [-0.2, -0.15) is 25.2 Å². The van der Waals surface area contributed by atoms with Crippen molar-refractivity contribution in [1.29, 1.82) is 0 Å². The Hall–Kier alpha value is -2.14. The van der Waals surface area contributed by atoms with E-state index < -0.39 is 10.0 Å². The van der Waals surface area contributed by atoms with Crippen molar-refractivity contribution in [3.8, 4) is 0 Å². The quantitative estimate of drug-likeness (QED) is 0.545. The molecule has 0 saturated heterocycles. The molecule has 10 heteroatoms. The lowest BCUT2D eigenvalue weighted by molar-refractivity contribution is 0.506. The topological polar surface area (TPSA) is 89.8 Å². The highest BCUT2D eigenvalue weighted by Crippen LogP contribution is 2.23. The van der Waals surface area contributed by atoms with Crippen molar-refractivity contribution >= 4 is 44.1 Å². The first kappa shape index (κ1) is 16.3. The van der Waals surface area contributed by atoms with Gasteiger partial charge in [0, 0.05) is 18.9 Å². The summed E-state index contributed by atoms with van der Waals surface area (Å²) in [4.78, 5) is 0.142. The van der Waals surface area contributed by atoms with Gasteiger partial charge >= 0.3 is 0 Å². The molecule has 0 bridgehead atoms. The van der Waals surface area contributed by atoms with Gasteiger partial charge in [-0.15, -0.1) is 0 Å². The summed E-state index contributed by atoms with van der Waals surface area (Å²) in [6.45, 7) is 0.189. The average Bonchev–Trinajstić information content (AvgIpc) is 3.36. The standard InChI is InChI=1S/C15H13N5O2S3/c21-25(22,14-4-1-3-12-15(14)19-24-18-12)17-9-13(11-5-8-23-10-11)20-7-2-6-16-20/h1-8,10,13,17H,9H2/t13-/m1/s1. The minimum absolute atomic E-state index is 0.142. The third-order valence-corrected chi connectivity index (χ3v) is 6.48. The van der Waals surface area contributed by atoms with Crippen LogP contribution in [0.1, 0.15) is 11.6 Å². The average molecular weight is 392 g/mol. The predicted molar refractivity (Wildman–Crippen MR) is 97.3 cm³/mol. The van der Waals surface area contributed by atoms with Crippen molar-refractivity contribution < 1.29 is 8.42 Å².